The number of aliphatic hydroxyl groups is 1. The van der Waals surface area contributed by atoms with Crippen LogP contribution in [0.2, 0.25) is 0 Å². The van der Waals surface area contributed by atoms with Gasteiger partial charge in [-0.05, 0) is 78.8 Å². The molecule has 3 aliphatic heterocycles. The largest absolute Gasteiger partial charge is 0.459 e. The van der Waals surface area contributed by atoms with Gasteiger partial charge in [0.15, 0.2) is 17.9 Å². The monoisotopic (exact) mass is 641 g/mol. The molecule has 3 aliphatic rings. The molecule has 0 spiro atoms. The summed E-state index contributed by atoms with van der Waals surface area (Å²) >= 11 is 0. The molecule has 11 heteroatoms. The lowest BCUT2D eigenvalue weighted by Crippen LogP contribution is -2.60. The number of nitrogens with zero attached hydrogens (tertiary/aromatic N) is 1. The van der Waals surface area contributed by atoms with E-state index in [1.165, 1.54) is 6.92 Å². The zero-order valence-corrected chi connectivity index (χ0v) is 29.5. The minimum Gasteiger partial charge on any atom is -0.459 e. The molecule has 11 nitrogen and oxygen atoms in total. The first-order valence-corrected chi connectivity index (χ1v) is 16.6. The number of ether oxygens (including phenoxy) is 6. The molecule has 0 aliphatic carbocycles. The number of cyclic esters (lactones) is 1. The van der Waals surface area contributed by atoms with E-state index in [0.717, 1.165) is 6.42 Å². The molecule has 2 bridgehead atoms. The Morgan fingerprint density at radius 1 is 1.00 bits per heavy atom. The lowest BCUT2D eigenvalue weighted by Gasteiger charge is -2.48. The second-order valence-electron chi connectivity index (χ2n) is 14.6. The van der Waals surface area contributed by atoms with Gasteiger partial charge in [0.05, 0.1) is 23.9 Å². The maximum atomic E-state index is 14.2. The van der Waals surface area contributed by atoms with Crippen molar-refractivity contribution in [3.63, 3.8) is 0 Å². The Morgan fingerprint density at radius 3 is 2.22 bits per heavy atom. The van der Waals surface area contributed by atoms with Gasteiger partial charge >= 0.3 is 5.97 Å². The molecule has 0 aromatic heterocycles. The predicted molar refractivity (Wildman–Crippen MR) is 167 cm³/mol. The lowest BCUT2D eigenvalue weighted by atomic mass is 9.70. The van der Waals surface area contributed by atoms with Gasteiger partial charge in [-0.25, -0.2) is 0 Å². The van der Waals surface area contributed by atoms with Crippen LogP contribution in [0, 0.1) is 29.6 Å². The highest BCUT2D eigenvalue weighted by Gasteiger charge is 2.53. The fraction of sp³-hybridized carbons (Fsp3) is 0.912. The number of fused-ring (bicyclic) bond motifs is 5. The van der Waals surface area contributed by atoms with Crippen LogP contribution in [0.1, 0.15) is 81.6 Å². The van der Waals surface area contributed by atoms with E-state index in [1.807, 2.05) is 34.9 Å². The molecular weight excluding hydrogens is 582 g/mol. The number of esters is 1. The third-order valence-electron chi connectivity index (χ3n) is 10.9. The molecule has 0 amide bonds. The number of rotatable bonds is 5. The van der Waals surface area contributed by atoms with Crippen molar-refractivity contribution in [2.24, 2.45) is 29.6 Å². The number of carbonyl (C=O) groups excluding carboxylic acids is 3. The van der Waals surface area contributed by atoms with E-state index in [0.29, 0.717) is 6.42 Å². The van der Waals surface area contributed by atoms with Gasteiger partial charge in [0.1, 0.15) is 36.9 Å². The molecule has 0 radical (unpaired) electrons. The lowest BCUT2D eigenvalue weighted by molar-refractivity contribution is -0.301. The Bertz CT molecular complexity index is 1030. The number of hydrogen-bond donors (Lipinski definition) is 1. The van der Waals surface area contributed by atoms with Crippen LogP contribution in [-0.4, -0.2) is 116 Å². The van der Waals surface area contributed by atoms with E-state index < -0.39 is 65.5 Å². The van der Waals surface area contributed by atoms with E-state index in [1.54, 1.807) is 27.9 Å². The Balaban J connectivity index is 2.21. The van der Waals surface area contributed by atoms with Crippen LogP contribution < -0.4 is 0 Å². The molecule has 3 rings (SSSR count). The quantitative estimate of drug-likeness (QED) is 0.350. The summed E-state index contributed by atoms with van der Waals surface area (Å²) in [7, 11) is 5.57. The topological polar surface area (TPSA) is 130 Å². The number of likely N-dealkylation sites (N-methyl/N-ethyl adjacent to an activating group) is 1. The maximum absolute atomic E-state index is 14.2. The van der Waals surface area contributed by atoms with Crippen LogP contribution in [0.5, 0.6) is 0 Å². The summed E-state index contributed by atoms with van der Waals surface area (Å²) in [6, 6.07) is -0.0160. The molecule has 0 saturated carbocycles. The highest BCUT2D eigenvalue weighted by molar-refractivity contribution is 6.00. The van der Waals surface area contributed by atoms with Gasteiger partial charge in [0.2, 0.25) is 0 Å². The molecule has 2 unspecified atom stereocenters. The number of hydrogen-bond acceptors (Lipinski definition) is 11. The zero-order chi connectivity index (χ0) is 34.0. The van der Waals surface area contributed by atoms with Gasteiger partial charge in [-0.1, -0.05) is 34.6 Å². The number of methoxy groups -OCH3 is 1. The van der Waals surface area contributed by atoms with E-state index in [2.05, 4.69) is 18.7 Å². The van der Waals surface area contributed by atoms with Crippen molar-refractivity contribution in [3.8, 4) is 0 Å². The molecule has 1 N–H and O–H groups in total. The summed E-state index contributed by atoms with van der Waals surface area (Å²) in [4.78, 5) is 43.0. The Morgan fingerprint density at radius 2 is 1.64 bits per heavy atom. The Kier molecular flexibility index (Phi) is 12.8. The molecule has 0 aromatic carbocycles. The minimum absolute atomic E-state index is 0.0160. The van der Waals surface area contributed by atoms with Crippen LogP contribution in [0.15, 0.2) is 0 Å². The summed E-state index contributed by atoms with van der Waals surface area (Å²) in [6.07, 6.45) is -2.74. The fourth-order valence-electron chi connectivity index (χ4n) is 7.73. The normalized spacial score (nSPS) is 46.2. The minimum atomic E-state index is -1.63. The van der Waals surface area contributed by atoms with Crippen molar-refractivity contribution >= 4 is 17.5 Å². The van der Waals surface area contributed by atoms with E-state index in [9.17, 15) is 19.5 Å². The predicted octanol–water partition coefficient (Wildman–Crippen LogP) is 3.42. The first-order chi connectivity index (χ1) is 20.9. The van der Waals surface area contributed by atoms with E-state index in [4.69, 9.17) is 28.4 Å². The summed E-state index contributed by atoms with van der Waals surface area (Å²) in [5, 5.41) is 11.9. The van der Waals surface area contributed by atoms with E-state index >= 15 is 0 Å². The Hall–Kier alpha value is -1.47. The molecule has 3 heterocycles. The van der Waals surface area contributed by atoms with Crippen molar-refractivity contribution in [1.82, 2.24) is 4.90 Å². The smallest absolute Gasteiger partial charge is 0.316 e. The van der Waals surface area contributed by atoms with Gasteiger partial charge in [-0.15, -0.1) is 0 Å². The second kappa shape index (κ2) is 15.2. The fourth-order valence-corrected chi connectivity index (χ4v) is 7.73. The third-order valence-corrected chi connectivity index (χ3v) is 10.9. The molecule has 14 atom stereocenters. The van der Waals surface area contributed by atoms with Crippen LogP contribution in [-0.2, 0) is 42.8 Å². The maximum Gasteiger partial charge on any atom is 0.316 e. The van der Waals surface area contributed by atoms with Crippen LogP contribution in [0.4, 0.5) is 0 Å². The molecule has 3 saturated heterocycles. The summed E-state index contributed by atoms with van der Waals surface area (Å²) < 4.78 is 37.7. The first kappa shape index (κ1) is 38.0. The molecule has 45 heavy (non-hydrogen) atoms. The molecule has 3 fully saturated rings. The summed E-state index contributed by atoms with van der Waals surface area (Å²) in [5.74, 6) is -3.74. The number of carbonyl (C=O) groups is 3. The SMILES string of the molecule is CC[C@H]1OC(=O)C(C)C(=O)[C@H](C)[C@@H](O[C@@H]2O[C@H](C)C[C@H](N(C)C)[C@H]2OC)[C@@]2(C)C[C@@H](C)[C@H](C)[C@H](C)C(OCC(=O)CO2)[C@]1(C)O. The summed E-state index contributed by atoms with van der Waals surface area (Å²) in [6.45, 7) is 16.1. The van der Waals surface area contributed by atoms with Crippen molar-refractivity contribution in [1.29, 1.82) is 0 Å². The van der Waals surface area contributed by atoms with Gasteiger partial charge in [-0.3, -0.25) is 14.4 Å². The van der Waals surface area contributed by atoms with Gasteiger partial charge < -0.3 is 38.4 Å². The average molecular weight is 642 g/mol. The molecule has 0 aromatic rings. The molecule has 260 valence electrons. The highest BCUT2D eigenvalue weighted by Crippen LogP contribution is 2.42. The first-order valence-electron chi connectivity index (χ1n) is 16.6. The Labute approximate surface area is 269 Å². The van der Waals surface area contributed by atoms with E-state index in [-0.39, 0.29) is 55.3 Å². The highest BCUT2D eigenvalue weighted by atomic mass is 16.7. The van der Waals surface area contributed by atoms with Crippen LogP contribution in [0.3, 0.4) is 0 Å². The number of Topliss-reactive ketones (excluding diaryl/α,β-unsaturated/α-hetero) is 2. The number of ketones is 2. The van der Waals surface area contributed by atoms with Gasteiger partial charge in [0.25, 0.3) is 0 Å². The molecular formula is C34H59NO10. The second-order valence-corrected chi connectivity index (χ2v) is 14.6. The van der Waals surface area contributed by atoms with Crippen LogP contribution in [0.25, 0.3) is 0 Å². The van der Waals surface area contributed by atoms with Gasteiger partial charge in [0, 0.05) is 19.1 Å². The van der Waals surface area contributed by atoms with Crippen molar-refractivity contribution in [2.75, 3.05) is 34.4 Å². The van der Waals surface area contributed by atoms with Crippen LogP contribution >= 0.6 is 0 Å². The summed E-state index contributed by atoms with van der Waals surface area (Å²) in [5.41, 5.74) is -2.79. The average Bonchev–Trinajstić information content (AvgIpc) is 2.99. The zero-order valence-electron chi connectivity index (χ0n) is 29.5. The van der Waals surface area contributed by atoms with Crippen molar-refractivity contribution < 1.29 is 47.9 Å². The standard InChI is InChI=1S/C34H59NO10/c1-13-26-34(9,39)30-21(5)20(4)18(2)15-33(8,42-17-24(36)16-41-30)29(22(6)27(37)23(7)31(38)44-26)45-32-28(40-12)25(35(10)11)14-19(3)43-32/h18-23,25-26,28-30,32,39H,13-17H2,1-12H3/t18-,19-,20+,21+,22+,23?,25+,26-,28-,29-,30?,32+,33-,34-/m1/s1. The van der Waals surface area contributed by atoms with Gasteiger partial charge in [-0.2, -0.15) is 0 Å². The van der Waals surface area contributed by atoms with Crippen molar-refractivity contribution in [2.45, 2.75) is 136 Å². The third kappa shape index (κ3) is 8.16. The van der Waals surface area contributed by atoms with Crippen molar-refractivity contribution in [3.05, 3.63) is 0 Å².